The molecule has 0 aliphatic rings. The average Bonchev–Trinajstić information content (AvgIpc) is 2.32. The largest absolute Gasteiger partial charge is 0.477 e. The lowest BCUT2D eigenvalue weighted by Gasteiger charge is -2.13. The number of aromatic carboxylic acids is 1. The van der Waals surface area contributed by atoms with Gasteiger partial charge in [0.2, 0.25) is 5.43 Å². The number of hydrogen-bond acceptors (Lipinski definition) is 2. The molecule has 0 saturated heterocycles. The lowest BCUT2D eigenvalue weighted by Crippen LogP contribution is -2.19. The highest BCUT2D eigenvalue weighted by atomic mass is 16.4. The lowest BCUT2D eigenvalue weighted by atomic mass is 9.97. The molecule has 100 valence electrons. The second-order valence-corrected chi connectivity index (χ2v) is 5.17. The van der Waals surface area contributed by atoms with Crippen LogP contribution in [0.1, 0.15) is 41.3 Å². The van der Waals surface area contributed by atoms with Crippen LogP contribution in [0.4, 0.5) is 0 Å². The van der Waals surface area contributed by atoms with Gasteiger partial charge in [-0.05, 0) is 30.0 Å². The Morgan fingerprint density at radius 2 is 1.95 bits per heavy atom. The Hall–Kier alpha value is -2.10. The van der Waals surface area contributed by atoms with E-state index in [1.807, 2.05) is 19.1 Å². The molecule has 0 radical (unpaired) electrons. The van der Waals surface area contributed by atoms with Gasteiger partial charge in [0.1, 0.15) is 5.56 Å². The van der Waals surface area contributed by atoms with E-state index in [-0.39, 0.29) is 5.56 Å². The summed E-state index contributed by atoms with van der Waals surface area (Å²) in [5.41, 5.74) is 2.15. The smallest absolute Gasteiger partial charge is 0.341 e. The molecule has 1 heterocycles. The number of aryl methyl sites for hydroxylation is 2. The zero-order valence-electron chi connectivity index (χ0n) is 11.5. The standard InChI is InChI=1S/C15H17NO3/c1-8(2)10-5-9(3)13-12(6-10)16(4)7-11(14(13)17)15(18)19/h5-8H,1-4H3,(H,18,19). The minimum absolute atomic E-state index is 0.185. The summed E-state index contributed by atoms with van der Waals surface area (Å²) in [5, 5.41) is 9.56. The van der Waals surface area contributed by atoms with Crippen LogP contribution in [0.25, 0.3) is 10.9 Å². The van der Waals surface area contributed by atoms with Crippen molar-refractivity contribution >= 4 is 16.9 Å². The fourth-order valence-corrected chi connectivity index (χ4v) is 2.31. The lowest BCUT2D eigenvalue weighted by molar-refractivity contribution is 0.0695. The molecule has 0 atom stereocenters. The number of aromatic nitrogens is 1. The molecule has 0 bridgehead atoms. The third kappa shape index (κ3) is 2.14. The summed E-state index contributed by atoms with van der Waals surface area (Å²) < 4.78 is 1.71. The van der Waals surface area contributed by atoms with Crippen LogP contribution in [0.2, 0.25) is 0 Å². The van der Waals surface area contributed by atoms with E-state index in [4.69, 9.17) is 5.11 Å². The van der Waals surface area contributed by atoms with Gasteiger partial charge in [-0.15, -0.1) is 0 Å². The molecule has 0 aliphatic heterocycles. The highest BCUT2D eigenvalue weighted by Gasteiger charge is 2.16. The zero-order chi connectivity index (χ0) is 14.3. The van der Waals surface area contributed by atoms with Crippen molar-refractivity contribution in [2.45, 2.75) is 26.7 Å². The predicted molar refractivity (Wildman–Crippen MR) is 75.0 cm³/mol. The monoisotopic (exact) mass is 259 g/mol. The molecule has 19 heavy (non-hydrogen) atoms. The molecule has 1 N–H and O–H groups in total. The highest BCUT2D eigenvalue weighted by Crippen LogP contribution is 2.23. The summed E-state index contributed by atoms with van der Waals surface area (Å²) in [5.74, 6) is -0.827. The topological polar surface area (TPSA) is 59.3 Å². The molecule has 0 spiro atoms. The minimum Gasteiger partial charge on any atom is -0.477 e. The van der Waals surface area contributed by atoms with E-state index >= 15 is 0 Å². The molecule has 1 aromatic carbocycles. The second-order valence-electron chi connectivity index (χ2n) is 5.17. The first kappa shape index (κ1) is 13.3. The van der Waals surface area contributed by atoms with Crippen LogP contribution in [-0.2, 0) is 7.05 Å². The summed E-state index contributed by atoms with van der Waals surface area (Å²) in [7, 11) is 1.76. The van der Waals surface area contributed by atoms with Crippen molar-refractivity contribution in [2.75, 3.05) is 0 Å². The zero-order valence-corrected chi connectivity index (χ0v) is 11.5. The van der Waals surface area contributed by atoms with Crippen LogP contribution in [-0.4, -0.2) is 15.6 Å². The highest BCUT2D eigenvalue weighted by molar-refractivity contribution is 5.93. The maximum atomic E-state index is 12.2. The third-order valence-corrected chi connectivity index (χ3v) is 3.41. The van der Waals surface area contributed by atoms with Gasteiger partial charge in [-0.2, -0.15) is 0 Å². The van der Waals surface area contributed by atoms with Gasteiger partial charge in [0, 0.05) is 18.6 Å². The Kier molecular flexibility index (Phi) is 3.18. The van der Waals surface area contributed by atoms with Crippen LogP contribution in [0, 0.1) is 6.92 Å². The van der Waals surface area contributed by atoms with Gasteiger partial charge < -0.3 is 9.67 Å². The molecule has 0 fully saturated rings. The summed E-state index contributed by atoms with van der Waals surface area (Å²) in [6, 6.07) is 3.92. The molecule has 0 saturated carbocycles. The fourth-order valence-electron chi connectivity index (χ4n) is 2.31. The number of carboxylic acid groups (broad SMARTS) is 1. The normalized spacial score (nSPS) is 11.2. The average molecular weight is 259 g/mol. The fraction of sp³-hybridized carbons (Fsp3) is 0.333. The van der Waals surface area contributed by atoms with E-state index in [1.165, 1.54) is 6.20 Å². The number of pyridine rings is 1. The SMILES string of the molecule is Cc1cc(C(C)C)cc2c1c(=O)c(C(=O)O)cn2C. The molecular formula is C15H17NO3. The van der Waals surface area contributed by atoms with Crippen molar-refractivity contribution in [3.05, 3.63) is 45.2 Å². The molecule has 2 rings (SSSR count). The van der Waals surface area contributed by atoms with Gasteiger partial charge in [-0.1, -0.05) is 19.9 Å². The van der Waals surface area contributed by atoms with Crippen LogP contribution >= 0.6 is 0 Å². The van der Waals surface area contributed by atoms with Crippen LogP contribution in [0.15, 0.2) is 23.1 Å². The Labute approximate surface area is 111 Å². The molecule has 0 unspecified atom stereocenters. The molecule has 2 aromatic rings. The number of benzene rings is 1. The molecule has 0 aliphatic carbocycles. The summed E-state index contributed by atoms with van der Waals surface area (Å²) >= 11 is 0. The summed E-state index contributed by atoms with van der Waals surface area (Å²) in [6.45, 7) is 6.02. The molecule has 4 heteroatoms. The van der Waals surface area contributed by atoms with Crippen molar-refractivity contribution in [3.8, 4) is 0 Å². The van der Waals surface area contributed by atoms with Crippen LogP contribution < -0.4 is 5.43 Å². The van der Waals surface area contributed by atoms with Gasteiger partial charge in [0.05, 0.1) is 5.52 Å². The van der Waals surface area contributed by atoms with Crippen molar-refractivity contribution in [1.82, 2.24) is 4.57 Å². The Balaban J connectivity index is 2.95. The van der Waals surface area contributed by atoms with Crippen molar-refractivity contribution in [3.63, 3.8) is 0 Å². The maximum absolute atomic E-state index is 12.2. The molecule has 0 amide bonds. The predicted octanol–water partition coefficient (Wildman–Crippen LogP) is 2.67. The quantitative estimate of drug-likeness (QED) is 0.902. The van der Waals surface area contributed by atoms with E-state index in [9.17, 15) is 9.59 Å². The van der Waals surface area contributed by atoms with Gasteiger partial charge in [0.25, 0.3) is 0 Å². The van der Waals surface area contributed by atoms with E-state index in [1.54, 1.807) is 11.6 Å². The molecule has 4 nitrogen and oxygen atoms in total. The van der Waals surface area contributed by atoms with Gasteiger partial charge in [0.15, 0.2) is 0 Å². The first-order valence-electron chi connectivity index (χ1n) is 6.20. The number of carboxylic acids is 1. The van der Waals surface area contributed by atoms with Gasteiger partial charge in [-0.25, -0.2) is 4.79 Å². The van der Waals surface area contributed by atoms with E-state index < -0.39 is 11.4 Å². The van der Waals surface area contributed by atoms with E-state index in [0.29, 0.717) is 11.3 Å². The Morgan fingerprint density at radius 1 is 1.32 bits per heavy atom. The summed E-state index contributed by atoms with van der Waals surface area (Å²) in [4.78, 5) is 23.3. The minimum atomic E-state index is -1.19. The van der Waals surface area contributed by atoms with Crippen LogP contribution in [0.5, 0.6) is 0 Å². The third-order valence-electron chi connectivity index (χ3n) is 3.41. The van der Waals surface area contributed by atoms with E-state index in [2.05, 4.69) is 13.8 Å². The van der Waals surface area contributed by atoms with E-state index in [0.717, 1.165) is 16.6 Å². The van der Waals surface area contributed by atoms with Gasteiger partial charge in [-0.3, -0.25) is 4.79 Å². The number of fused-ring (bicyclic) bond motifs is 1. The first-order valence-corrected chi connectivity index (χ1v) is 6.20. The van der Waals surface area contributed by atoms with Crippen molar-refractivity contribution < 1.29 is 9.90 Å². The first-order chi connectivity index (χ1) is 8.82. The van der Waals surface area contributed by atoms with Gasteiger partial charge >= 0.3 is 5.97 Å². The number of hydrogen-bond donors (Lipinski definition) is 1. The van der Waals surface area contributed by atoms with Crippen molar-refractivity contribution in [1.29, 1.82) is 0 Å². The summed E-state index contributed by atoms with van der Waals surface area (Å²) in [6.07, 6.45) is 1.39. The Morgan fingerprint density at radius 3 is 2.47 bits per heavy atom. The molecule has 1 aromatic heterocycles. The van der Waals surface area contributed by atoms with Crippen LogP contribution in [0.3, 0.4) is 0 Å². The number of carbonyl (C=O) groups is 1. The number of nitrogens with zero attached hydrogens (tertiary/aromatic N) is 1. The number of rotatable bonds is 2. The maximum Gasteiger partial charge on any atom is 0.341 e. The second kappa shape index (κ2) is 4.53. The molecular weight excluding hydrogens is 242 g/mol. The van der Waals surface area contributed by atoms with Crippen molar-refractivity contribution in [2.24, 2.45) is 7.05 Å². The Bertz CT molecular complexity index is 726.